The molecule has 0 atom stereocenters. The summed E-state index contributed by atoms with van der Waals surface area (Å²) >= 11 is 7.48. The van der Waals surface area contributed by atoms with Crippen LogP contribution in [0.15, 0.2) is 70.3 Å². The second-order valence-electron chi connectivity index (χ2n) is 8.00. The Morgan fingerprint density at radius 3 is 2.03 bits per heavy atom. The molecule has 0 unspecified atom stereocenters. The number of rotatable bonds is 8. The van der Waals surface area contributed by atoms with Crippen molar-refractivity contribution in [3.63, 3.8) is 0 Å². The van der Waals surface area contributed by atoms with Crippen LogP contribution in [0.25, 0.3) is 0 Å². The first-order valence-electron chi connectivity index (χ1n) is 11.6. The molecule has 0 radical (unpaired) electrons. The van der Waals surface area contributed by atoms with Gasteiger partial charge in [0.1, 0.15) is 10.7 Å². The Hall–Kier alpha value is -1.69. The maximum atomic E-state index is 12.1. The van der Waals surface area contributed by atoms with Gasteiger partial charge in [0.05, 0.1) is 5.02 Å². The molecular formula is C28H45ClFNO2S. The Morgan fingerprint density at radius 1 is 1.24 bits per heavy atom. The first-order chi connectivity index (χ1) is 15.8. The van der Waals surface area contributed by atoms with Crippen LogP contribution >= 0.6 is 23.4 Å². The number of carbonyl (C=O) groups excluding carboxylic acids is 1. The van der Waals surface area contributed by atoms with Crippen LogP contribution < -0.4 is 0 Å². The van der Waals surface area contributed by atoms with Crippen LogP contribution in [0.1, 0.15) is 81.6 Å². The zero-order valence-electron chi connectivity index (χ0n) is 22.6. The second-order valence-corrected chi connectivity index (χ2v) is 9.49. The third-order valence-corrected chi connectivity index (χ3v) is 5.33. The van der Waals surface area contributed by atoms with Crippen molar-refractivity contribution in [3.8, 4) is 0 Å². The highest BCUT2D eigenvalue weighted by Gasteiger charge is 2.10. The van der Waals surface area contributed by atoms with E-state index < -0.39 is 5.67 Å². The van der Waals surface area contributed by atoms with E-state index in [0.29, 0.717) is 28.6 Å². The van der Waals surface area contributed by atoms with Gasteiger partial charge in [0.25, 0.3) is 0 Å². The molecule has 1 aromatic rings. The lowest BCUT2D eigenvalue weighted by molar-refractivity contribution is -0.113. The lowest BCUT2D eigenvalue weighted by Gasteiger charge is -2.10. The molecule has 6 heteroatoms. The summed E-state index contributed by atoms with van der Waals surface area (Å²) in [5, 5.41) is 9.16. The van der Waals surface area contributed by atoms with Gasteiger partial charge in [-0.05, 0) is 76.3 Å². The van der Waals surface area contributed by atoms with E-state index in [-0.39, 0.29) is 5.78 Å². The molecule has 0 aliphatic rings. The number of Topliss-reactive ketones (excluding diaryl/α,β-unsaturated/α-hetero) is 1. The number of carbonyl (C=O) groups is 1. The minimum Gasteiger partial charge on any atom is -0.396 e. The number of hydrogen-bond donors (Lipinski definition) is 1. The molecule has 0 bridgehead atoms. The number of thioether (sulfide) groups is 1. The van der Waals surface area contributed by atoms with Crippen molar-refractivity contribution in [1.29, 1.82) is 0 Å². The van der Waals surface area contributed by atoms with Crippen LogP contribution in [-0.2, 0) is 4.79 Å². The fraction of sp³-hybridized carbons (Fsp3) is 0.500. The normalized spacial score (nSPS) is 11.4. The highest BCUT2D eigenvalue weighted by molar-refractivity contribution is 8.03. The molecule has 0 saturated carbocycles. The molecule has 194 valence electrons. The highest BCUT2D eigenvalue weighted by atomic mass is 35.5. The summed E-state index contributed by atoms with van der Waals surface area (Å²) in [6.07, 6.45) is 7.98. The fourth-order valence-corrected chi connectivity index (χ4v) is 2.72. The third-order valence-electron chi connectivity index (χ3n) is 3.93. The lowest BCUT2D eigenvalue weighted by Crippen LogP contribution is -2.07. The number of halogens is 2. The molecule has 1 aromatic heterocycles. The van der Waals surface area contributed by atoms with E-state index in [4.69, 9.17) is 16.7 Å². The summed E-state index contributed by atoms with van der Waals surface area (Å²) in [5.74, 6) is 0.0452. The minimum absolute atomic E-state index is 0.0452. The summed E-state index contributed by atoms with van der Waals surface area (Å²) in [6.45, 7) is 24.6. The van der Waals surface area contributed by atoms with Crippen LogP contribution in [0.2, 0.25) is 5.02 Å². The van der Waals surface area contributed by atoms with E-state index in [1.807, 2.05) is 26.8 Å². The van der Waals surface area contributed by atoms with Gasteiger partial charge in [-0.3, -0.25) is 4.79 Å². The SMILES string of the molecule is C=C/C(C(=C)Sc1ncccc1Cl)=C(C)\C=C(/C)C(C)=O.CCC.CCC(C)(C)F.CCCO. The number of pyridine rings is 1. The predicted octanol–water partition coefficient (Wildman–Crippen LogP) is 9.33. The average Bonchev–Trinajstić information content (AvgIpc) is 2.76. The van der Waals surface area contributed by atoms with Gasteiger partial charge in [-0.15, -0.1) is 0 Å². The van der Waals surface area contributed by atoms with Crippen molar-refractivity contribution in [2.75, 3.05) is 6.61 Å². The lowest BCUT2D eigenvalue weighted by atomic mass is 10.1. The molecule has 0 saturated heterocycles. The van der Waals surface area contributed by atoms with Crippen LogP contribution in [0, 0.1) is 0 Å². The topological polar surface area (TPSA) is 50.2 Å². The molecule has 34 heavy (non-hydrogen) atoms. The van der Waals surface area contributed by atoms with Crippen LogP contribution in [0.5, 0.6) is 0 Å². The molecule has 1 heterocycles. The summed E-state index contributed by atoms with van der Waals surface area (Å²) in [7, 11) is 0. The summed E-state index contributed by atoms with van der Waals surface area (Å²) in [5.41, 5.74) is 1.55. The van der Waals surface area contributed by atoms with E-state index in [0.717, 1.165) is 22.5 Å². The largest absolute Gasteiger partial charge is 0.396 e. The maximum Gasteiger partial charge on any atom is 0.155 e. The Bertz CT molecular complexity index is 794. The summed E-state index contributed by atoms with van der Waals surface area (Å²) in [4.78, 5) is 16.3. The van der Waals surface area contributed by atoms with E-state index in [2.05, 4.69) is 32.0 Å². The van der Waals surface area contributed by atoms with E-state index in [1.165, 1.54) is 18.2 Å². The van der Waals surface area contributed by atoms with Crippen molar-refractivity contribution >= 4 is 29.1 Å². The van der Waals surface area contributed by atoms with Gasteiger partial charge in [-0.1, -0.05) is 82.8 Å². The van der Waals surface area contributed by atoms with E-state index >= 15 is 0 Å². The van der Waals surface area contributed by atoms with Crippen molar-refractivity contribution in [2.24, 2.45) is 0 Å². The molecule has 1 rings (SSSR count). The molecule has 1 N–H and O–H groups in total. The van der Waals surface area contributed by atoms with Gasteiger partial charge in [-0.25, -0.2) is 9.37 Å². The average molecular weight is 514 g/mol. The molecule has 0 aromatic carbocycles. The fourth-order valence-electron chi connectivity index (χ4n) is 1.62. The smallest absolute Gasteiger partial charge is 0.155 e. The summed E-state index contributed by atoms with van der Waals surface area (Å²) < 4.78 is 12.1. The summed E-state index contributed by atoms with van der Waals surface area (Å²) in [6, 6.07) is 3.57. The quantitative estimate of drug-likeness (QED) is 0.213. The molecule has 0 aliphatic heterocycles. The van der Waals surface area contributed by atoms with Crippen molar-refractivity contribution in [1.82, 2.24) is 4.98 Å². The first kappa shape index (κ1) is 36.9. The first-order valence-corrected chi connectivity index (χ1v) is 12.7. The number of alkyl halides is 1. The minimum atomic E-state index is -0.958. The van der Waals surface area contributed by atoms with Crippen LogP contribution in [0.3, 0.4) is 0 Å². The van der Waals surface area contributed by atoms with Gasteiger partial charge < -0.3 is 5.11 Å². The second kappa shape index (κ2) is 21.8. The maximum absolute atomic E-state index is 12.1. The van der Waals surface area contributed by atoms with Gasteiger partial charge >= 0.3 is 0 Å². The van der Waals surface area contributed by atoms with Gasteiger partial charge in [0.2, 0.25) is 0 Å². The Kier molecular flexibility index (Phi) is 23.7. The van der Waals surface area contributed by atoms with Gasteiger partial charge in [0.15, 0.2) is 5.78 Å². The van der Waals surface area contributed by atoms with E-state index in [1.54, 1.807) is 52.1 Å². The van der Waals surface area contributed by atoms with Crippen LogP contribution in [0.4, 0.5) is 4.39 Å². The van der Waals surface area contributed by atoms with Gasteiger partial charge in [0, 0.05) is 17.7 Å². The Labute approximate surface area is 217 Å². The highest BCUT2D eigenvalue weighted by Crippen LogP contribution is 2.35. The van der Waals surface area contributed by atoms with Gasteiger partial charge in [-0.2, -0.15) is 0 Å². The number of aromatic nitrogens is 1. The molecule has 0 spiro atoms. The molecule has 0 fully saturated rings. The van der Waals surface area contributed by atoms with Crippen molar-refractivity contribution < 1.29 is 14.3 Å². The van der Waals surface area contributed by atoms with Crippen molar-refractivity contribution in [3.05, 3.63) is 70.3 Å². The monoisotopic (exact) mass is 513 g/mol. The molecule has 0 amide bonds. The Morgan fingerprint density at radius 2 is 1.71 bits per heavy atom. The number of ketones is 1. The number of allylic oxidation sites excluding steroid dienone is 5. The van der Waals surface area contributed by atoms with E-state index in [9.17, 15) is 9.18 Å². The molecule has 3 nitrogen and oxygen atoms in total. The Balaban J connectivity index is -0.000000607. The third kappa shape index (κ3) is 20.9. The standard InChI is InChI=1S/C17H18ClNOS.C5H11F.C3H8O.C3H8/c1-6-15(12(3)10-11(2)13(4)20)14(5)21-17-16(18)8-7-9-19-17;1-4-5(2,3)6;1-2-3-4;1-3-2/h6-10H,1,5H2,2-4H3;4H2,1-3H3;4H,2-3H2,1H3;3H2,1-2H3/b11-10+,15-12+;;;. The number of hydrogen-bond acceptors (Lipinski definition) is 4. The predicted molar refractivity (Wildman–Crippen MR) is 150 cm³/mol. The zero-order valence-corrected chi connectivity index (χ0v) is 24.2. The number of aliphatic hydroxyl groups is 1. The molecule has 0 aliphatic carbocycles. The zero-order chi connectivity index (χ0) is 27.3. The van der Waals surface area contributed by atoms with Crippen LogP contribution in [-0.4, -0.2) is 28.1 Å². The number of nitrogens with zero attached hydrogens (tertiary/aromatic N) is 1. The van der Waals surface area contributed by atoms with Crippen molar-refractivity contribution in [2.45, 2.75) is 92.3 Å². The molecular weight excluding hydrogens is 469 g/mol. The number of aliphatic hydroxyl groups excluding tert-OH is 1.